The first-order chi connectivity index (χ1) is 14.2. The van der Waals surface area contributed by atoms with Crippen LogP contribution in [0.25, 0.3) is 11.0 Å². The molecule has 0 atom stereocenters. The Balaban J connectivity index is 1.80. The van der Waals surface area contributed by atoms with Gasteiger partial charge in [-0.3, -0.25) is 0 Å². The van der Waals surface area contributed by atoms with Crippen molar-refractivity contribution in [2.24, 2.45) is 4.99 Å². The van der Waals surface area contributed by atoms with Gasteiger partial charge < -0.3 is 14.4 Å². The molecule has 1 N–H and O–H groups in total. The van der Waals surface area contributed by atoms with Crippen LogP contribution < -0.4 is 4.74 Å². The van der Waals surface area contributed by atoms with Crippen molar-refractivity contribution in [2.45, 2.75) is 58.9 Å². The summed E-state index contributed by atoms with van der Waals surface area (Å²) in [5, 5.41) is 10.4. The van der Waals surface area contributed by atoms with Gasteiger partial charge in [-0.15, -0.1) is 0 Å². The second-order valence-electron chi connectivity index (χ2n) is 7.21. The Hall–Kier alpha value is -2.82. The maximum absolute atomic E-state index is 10.4. The Kier molecular flexibility index (Phi) is 7.68. The summed E-state index contributed by atoms with van der Waals surface area (Å²) in [6.45, 7) is 5.53. The molecule has 0 bridgehead atoms. The van der Waals surface area contributed by atoms with Gasteiger partial charge in [0.25, 0.3) is 0 Å². The fourth-order valence-corrected chi connectivity index (χ4v) is 3.47. The van der Waals surface area contributed by atoms with Gasteiger partial charge >= 0.3 is 0 Å². The van der Waals surface area contributed by atoms with Gasteiger partial charge in [0.05, 0.1) is 17.6 Å². The fraction of sp³-hybridized carbons (Fsp3) is 0.417. The van der Waals surface area contributed by atoms with Crippen molar-refractivity contribution >= 4 is 23.2 Å². The molecule has 1 aromatic heterocycles. The number of aromatic nitrogens is 2. The summed E-state index contributed by atoms with van der Waals surface area (Å²) in [6, 6.07) is 13.6. The largest absolute Gasteiger partial charge is 0.504 e. The van der Waals surface area contributed by atoms with E-state index in [1.54, 1.807) is 12.3 Å². The van der Waals surface area contributed by atoms with Gasteiger partial charge in [-0.05, 0) is 37.6 Å². The summed E-state index contributed by atoms with van der Waals surface area (Å²) in [5.41, 5.74) is 2.66. The van der Waals surface area contributed by atoms with E-state index in [1.807, 2.05) is 37.3 Å². The third kappa shape index (κ3) is 5.37. The number of hydrogen-bond acceptors (Lipinski definition) is 4. The van der Waals surface area contributed by atoms with E-state index < -0.39 is 0 Å². The molecule has 0 saturated carbocycles. The molecule has 0 saturated heterocycles. The first-order valence-corrected chi connectivity index (χ1v) is 10.7. The van der Waals surface area contributed by atoms with Crippen LogP contribution in [0.15, 0.2) is 47.5 Å². The lowest BCUT2D eigenvalue weighted by Crippen LogP contribution is -1.98. The van der Waals surface area contributed by atoms with Gasteiger partial charge in [0.2, 0.25) is 5.95 Å². The topological polar surface area (TPSA) is 59.6 Å². The predicted molar refractivity (Wildman–Crippen MR) is 120 cm³/mol. The number of phenols is 1. The van der Waals surface area contributed by atoms with Crippen LogP contribution in [0.3, 0.4) is 0 Å². The molecule has 29 heavy (non-hydrogen) atoms. The maximum Gasteiger partial charge on any atom is 0.230 e. The lowest BCUT2D eigenvalue weighted by atomic mass is 10.1. The Labute approximate surface area is 173 Å². The van der Waals surface area contributed by atoms with Crippen molar-refractivity contribution in [3.8, 4) is 11.5 Å². The van der Waals surface area contributed by atoms with Gasteiger partial charge in [0, 0.05) is 18.3 Å². The van der Waals surface area contributed by atoms with Crippen molar-refractivity contribution in [1.29, 1.82) is 0 Å². The molecule has 0 spiro atoms. The van der Waals surface area contributed by atoms with Crippen LogP contribution in [-0.2, 0) is 6.54 Å². The SMILES string of the molecule is CCCCCCCCn1c(N=Cc2cccc(OCC)c2O)nc2ccccc21. The van der Waals surface area contributed by atoms with Crippen molar-refractivity contribution < 1.29 is 9.84 Å². The molecule has 1 heterocycles. The normalized spacial score (nSPS) is 11.5. The third-order valence-corrected chi connectivity index (χ3v) is 5.02. The minimum atomic E-state index is 0.108. The summed E-state index contributed by atoms with van der Waals surface area (Å²) in [6.07, 6.45) is 9.15. The van der Waals surface area contributed by atoms with Crippen LogP contribution >= 0.6 is 0 Å². The van der Waals surface area contributed by atoms with E-state index in [2.05, 4.69) is 22.5 Å². The summed E-state index contributed by atoms with van der Waals surface area (Å²) in [7, 11) is 0. The first kappa shape index (κ1) is 20.9. The van der Waals surface area contributed by atoms with E-state index in [4.69, 9.17) is 9.72 Å². The van der Waals surface area contributed by atoms with E-state index in [0.717, 1.165) is 24.0 Å². The Morgan fingerprint density at radius 3 is 2.62 bits per heavy atom. The van der Waals surface area contributed by atoms with Crippen molar-refractivity contribution in [2.75, 3.05) is 6.61 Å². The number of rotatable bonds is 11. The summed E-state index contributed by atoms with van der Waals surface area (Å²) < 4.78 is 7.64. The molecule has 3 rings (SSSR count). The van der Waals surface area contributed by atoms with Crippen molar-refractivity contribution in [3.63, 3.8) is 0 Å². The van der Waals surface area contributed by atoms with E-state index in [0.29, 0.717) is 23.9 Å². The number of aliphatic imine (C=N–C) groups is 1. The quantitative estimate of drug-likeness (QED) is 0.309. The zero-order chi connectivity index (χ0) is 20.5. The molecule has 0 aliphatic rings. The fourth-order valence-electron chi connectivity index (χ4n) is 3.47. The van der Waals surface area contributed by atoms with Gasteiger partial charge in [-0.2, -0.15) is 0 Å². The minimum Gasteiger partial charge on any atom is -0.504 e. The number of aryl methyl sites for hydroxylation is 1. The number of phenolic OH excluding ortho intramolecular Hbond substituents is 1. The molecular formula is C24H31N3O2. The lowest BCUT2D eigenvalue weighted by molar-refractivity contribution is 0.318. The number of fused-ring (bicyclic) bond motifs is 1. The number of hydrogen-bond donors (Lipinski definition) is 1. The highest BCUT2D eigenvalue weighted by Crippen LogP contribution is 2.29. The number of nitrogens with zero attached hydrogens (tertiary/aromatic N) is 3. The monoisotopic (exact) mass is 393 g/mol. The number of unbranched alkanes of at least 4 members (excludes halogenated alkanes) is 5. The average molecular weight is 394 g/mol. The molecule has 0 fully saturated rings. The first-order valence-electron chi connectivity index (χ1n) is 10.7. The van der Waals surface area contributed by atoms with Crippen LogP contribution in [0, 0.1) is 0 Å². The number of para-hydroxylation sites is 3. The standard InChI is InChI=1S/C24H31N3O2/c1-3-5-6-7-8-11-17-27-21-15-10-9-14-20(21)26-24(27)25-18-19-13-12-16-22(23(19)28)29-4-2/h9-10,12-16,18,28H,3-8,11,17H2,1-2H3. The number of aromatic hydroxyl groups is 1. The molecule has 0 unspecified atom stereocenters. The number of imidazole rings is 1. The molecule has 0 radical (unpaired) electrons. The van der Waals surface area contributed by atoms with E-state index in [9.17, 15) is 5.11 Å². The molecule has 0 aliphatic heterocycles. The van der Waals surface area contributed by atoms with E-state index in [-0.39, 0.29) is 5.75 Å². The van der Waals surface area contributed by atoms with Crippen LogP contribution in [0.2, 0.25) is 0 Å². The van der Waals surface area contributed by atoms with Crippen LogP contribution in [0.5, 0.6) is 11.5 Å². The minimum absolute atomic E-state index is 0.108. The van der Waals surface area contributed by atoms with E-state index >= 15 is 0 Å². The Morgan fingerprint density at radius 1 is 1.00 bits per heavy atom. The molecule has 3 aromatic rings. The summed E-state index contributed by atoms with van der Waals surface area (Å²) >= 11 is 0. The molecule has 0 amide bonds. The second kappa shape index (κ2) is 10.6. The van der Waals surface area contributed by atoms with E-state index in [1.165, 1.54) is 32.1 Å². The highest BCUT2D eigenvalue weighted by molar-refractivity contribution is 5.87. The lowest BCUT2D eigenvalue weighted by Gasteiger charge is -2.08. The molecule has 154 valence electrons. The van der Waals surface area contributed by atoms with Crippen LogP contribution in [0.4, 0.5) is 5.95 Å². The second-order valence-corrected chi connectivity index (χ2v) is 7.21. The zero-order valence-electron chi connectivity index (χ0n) is 17.5. The van der Waals surface area contributed by atoms with Crippen LogP contribution in [0.1, 0.15) is 57.9 Å². The zero-order valence-corrected chi connectivity index (χ0v) is 17.5. The van der Waals surface area contributed by atoms with Gasteiger partial charge in [-0.1, -0.05) is 57.2 Å². The van der Waals surface area contributed by atoms with Crippen molar-refractivity contribution in [3.05, 3.63) is 48.0 Å². The molecule has 5 heteroatoms. The molecule has 2 aromatic carbocycles. The van der Waals surface area contributed by atoms with Gasteiger partial charge in [0.1, 0.15) is 0 Å². The predicted octanol–water partition coefficient (Wildman–Crippen LogP) is 6.25. The Bertz CT molecular complexity index is 946. The maximum atomic E-state index is 10.4. The third-order valence-electron chi connectivity index (χ3n) is 5.02. The average Bonchev–Trinajstić information content (AvgIpc) is 3.09. The van der Waals surface area contributed by atoms with Gasteiger partial charge in [-0.25, -0.2) is 9.98 Å². The Morgan fingerprint density at radius 2 is 1.79 bits per heavy atom. The highest BCUT2D eigenvalue weighted by Gasteiger charge is 2.10. The number of ether oxygens (including phenoxy) is 1. The van der Waals surface area contributed by atoms with Gasteiger partial charge in [0.15, 0.2) is 11.5 Å². The smallest absolute Gasteiger partial charge is 0.230 e. The van der Waals surface area contributed by atoms with Crippen LogP contribution in [-0.4, -0.2) is 27.5 Å². The number of benzene rings is 2. The summed E-state index contributed by atoms with van der Waals surface area (Å²) in [4.78, 5) is 9.31. The van der Waals surface area contributed by atoms with Crippen molar-refractivity contribution in [1.82, 2.24) is 9.55 Å². The highest BCUT2D eigenvalue weighted by atomic mass is 16.5. The molecular weight excluding hydrogens is 362 g/mol. The molecule has 0 aliphatic carbocycles. The summed E-state index contributed by atoms with van der Waals surface area (Å²) in [5.74, 6) is 1.25. The molecule has 5 nitrogen and oxygen atoms in total.